The van der Waals surface area contributed by atoms with Crippen LogP contribution in [0.5, 0.6) is 0 Å². The zero-order valence-electron chi connectivity index (χ0n) is 6.82. The van der Waals surface area contributed by atoms with Gasteiger partial charge in [0, 0.05) is 13.5 Å². The van der Waals surface area contributed by atoms with Crippen molar-refractivity contribution >= 4 is 0 Å². The maximum Gasteiger partial charge on any atom is 0.190 e. The summed E-state index contributed by atoms with van der Waals surface area (Å²) in [5.74, 6) is 0. The fourth-order valence-electron chi connectivity index (χ4n) is 1.01. The fourth-order valence-corrected chi connectivity index (χ4v) is 1.01. The number of hydrogen-bond donors (Lipinski definition) is 1. The lowest BCUT2D eigenvalue weighted by atomic mass is 10.1. The zero-order chi connectivity index (χ0) is 8.27. The molecule has 4 heteroatoms. The lowest BCUT2D eigenvalue weighted by molar-refractivity contribution is -0.425. The van der Waals surface area contributed by atoms with Crippen molar-refractivity contribution in [2.75, 3.05) is 7.11 Å². The molecular weight excluding hydrogens is 148 g/mol. The van der Waals surface area contributed by atoms with Gasteiger partial charge in [0.25, 0.3) is 0 Å². The molecule has 0 saturated carbocycles. The van der Waals surface area contributed by atoms with Crippen molar-refractivity contribution in [3.8, 4) is 0 Å². The van der Waals surface area contributed by atoms with E-state index in [0.717, 1.165) is 12.8 Å². The summed E-state index contributed by atoms with van der Waals surface area (Å²) < 4.78 is 4.89. The maximum absolute atomic E-state index is 9.09. The molecule has 1 unspecified atom stereocenters. The molecule has 1 heterocycles. The van der Waals surface area contributed by atoms with Crippen molar-refractivity contribution in [2.45, 2.75) is 38.3 Å². The first-order chi connectivity index (χ1) is 5.24. The molecule has 66 valence electrons. The third-order valence-electron chi connectivity index (χ3n) is 1.77. The van der Waals surface area contributed by atoms with Gasteiger partial charge in [-0.25, -0.2) is 9.78 Å². The van der Waals surface area contributed by atoms with E-state index in [0.29, 0.717) is 0 Å². The molecule has 11 heavy (non-hydrogen) atoms. The van der Waals surface area contributed by atoms with Crippen LogP contribution in [-0.2, 0) is 14.5 Å². The molecule has 0 radical (unpaired) electrons. The Kier molecular flexibility index (Phi) is 3.26. The van der Waals surface area contributed by atoms with Crippen LogP contribution in [0.25, 0.3) is 0 Å². The molecule has 0 aromatic rings. The van der Waals surface area contributed by atoms with E-state index in [9.17, 15) is 0 Å². The predicted octanol–water partition coefficient (Wildman–Crippen LogP) is 0.450. The number of methoxy groups -OCH3 is 1. The monoisotopic (exact) mass is 162 g/mol. The van der Waals surface area contributed by atoms with E-state index in [4.69, 9.17) is 19.6 Å². The molecule has 0 amide bonds. The Morgan fingerprint density at radius 3 is 2.55 bits per heavy atom. The van der Waals surface area contributed by atoms with Crippen molar-refractivity contribution in [3.05, 3.63) is 0 Å². The number of rotatable bonds is 2. The van der Waals surface area contributed by atoms with Gasteiger partial charge >= 0.3 is 0 Å². The Morgan fingerprint density at radius 2 is 2.18 bits per heavy atom. The molecule has 0 bridgehead atoms. The lowest BCUT2D eigenvalue weighted by Gasteiger charge is -2.28. The highest BCUT2D eigenvalue weighted by Gasteiger charge is 2.25. The smallest absolute Gasteiger partial charge is 0.190 e. The molecule has 0 spiro atoms. The highest BCUT2D eigenvalue weighted by atomic mass is 17.2. The summed E-state index contributed by atoms with van der Waals surface area (Å²) in [6.07, 6.45) is 0.585. The maximum atomic E-state index is 9.09. The number of aliphatic hydroxyl groups is 1. The summed E-state index contributed by atoms with van der Waals surface area (Å²) in [7, 11) is 1.57. The van der Waals surface area contributed by atoms with Crippen LogP contribution in [-0.4, -0.2) is 30.7 Å². The van der Waals surface area contributed by atoms with Crippen LogP contribution in [0.4, 0.5) is 0 Å². The third-order valence-corrected chi connectivity index (χ3v) is 1.77. The summed E-state index contributed by atoms with van der Waals surface area (Å²) >= 11 is 0. The van der Waals surface area contributed by atoms with Crippen molar-refractivity contribution < 1.29 is 19.6 Å². The van der Waals surface area contributed by atoms with Crippen LogP contribution >= 0.6 is 0 Å². The van der Waals surface area contributed by atoms with Crippen molar-refractivity contribution in [2.24, 2.45) is 0 Å². The average molecular weight is 162 g/mol. The van der Waals surface area contributed by atoms with Crippen LogP contribution in [0.3, 0.4) is 0 Å². The first kappa shape index (κ1) is 8.93. The zero-order valence-corrected chi connectivity index (χ0v) is 6.82. The molecule has 1 aliphatic heterocycles. The topological polar surface area (TPSA) is 47.9 Å². The highest BCUT2D eigenvalue weighted by Crippen LogP contribution is 2.18. The molecule has 1 fully saturated rings. The molecule has 0 aromatic heterocycles. The number of hydrogen-bond acceptors (Lipinski definition) is 4. The van der Waals surface area contributed by atoms with Gasteiger partial charge in [-0.3, -0.25) is 0 Å². The Bertz CT molecular complexity index is 107. The average Bonchev–Trinajstić information content (AvgIpc) is 2.05. The summed E-state index contributed by atoms with van der Waals surface area (Å²) in [6.45, 7) is 1.68. The Hall–Kier alpha value is -0.160. The predicted molar refractivity (Wildman–Crippen MR) is 37.7 cm³/mol. The molecule has 0 aliphatic carbocycles. The SMILES string of the molecule is COC1CC[C@@H]([C@H](C)O)OO1. The van der Waals surface area contributed by atoms with Crippen molar-refractivity contribution in [1.29, 1.82) is 0 Å². The number of aliphatic hydroxyl groups excluding tert-OH is 1. The van der Waals surface area contributed by atoms with Crippen LogP contribution in [0, 0.1) is 0 Å². The van der Waals surface area contributed by atoms with Gasteiger partial charge in [0.05, 0.1) is 6.10 Å². The minimum atomic E-state index is -0.479. The van der Waals surface area contributed by atoms with Crippen LogP contribution < -0.4 is 0 Å². The van der Waals surface area contributed by atoms with Gasteiger partial charge in [-0.05, 0) is 13.3 Å². The van der Waals surface area contributed by atoms with E-state index in [1.54, 1.807) is 14.0 Å². The quantitative estimate of drug-likeness (QED) is 0.599. The van der Waals surface area contributed by atoms with Gasteiger partial charge in [0.15, 0.2) is 6.29 Å². The van der Waals surface area contributed by atoms with E-state index in [2.05, 4.69) is 0 Å². The van der Waals surface area contributed by atoms with Crippen LogP contribution in [0.15, 0.2) is 0 Å². The second kappa shape index (κ2) is 4.01. The molecule has 0 aromatic carbocycles. The second-order valence-corrected chi connectivity index (χ2v) is 2.71. The van der Waals surface area contributed by atoms with E-state index in [-0.39, 0.29) is 12.4 Å². The van der Waals surface area contributed by atoms with Crippen molar-refractivity contribution in [1.82, 2.24) is 0 Å². The molecule has 4 nitrogen and oxygen atoms in total. The molecular formula is C7H14O4. The summed E-state index contributed by atoms with van der Waals surface area (Å²) in [5.41, 5.74) is 0. The van der Waals surface area contributed by atoms with Crippen LogP contribution in [0.2, 0.25) is 0 Å². The molecule has 1 aliphatic rings. The summed E-state index contributed by atoms with van der Waals surface area (Å²) in [6, 6.07) is 0. The molecule has 1 saturated heterocycles. The molecule has 1 N–H and O–H groups in total. The first-order valence-electron chi connectivity index (χ1n) is 3.77. The second-order valence-electron chi connectivity index (χ2n) is 2.71. The third kappa shape index (κ3) is 2.41. The minimum absolute atomic E-state index is 0.207. The fraction of sp³-hybridized carbons (Fsp3) is 1.00. The van der Waals surface area contributed by atoms with Gasteiger partial charge in [-0.1, -0.05) is 0 Å². The van der Waals surface area contributed by atoms with Gasteiger partial charge in [0.1, 0.15) is 6.10 Å². The standard InChI is InChI=1S/C7H14O4/c1-5(8)6-3-4-7(9-2)11-10-6/h5-8H,3-4H2,1-2H3/t5-,6-,7?/m0/s1. The van der Waals surface area contributed by atoms with Crippen LogP contribution in [0.1, 0.15) is 19.8 Å². The Labute approximate surface area is 66.0 Å². The van der Waals surface area contributed by atoms with Gasteiger partial charge in [0.2, 0.25) is 0 Å². The minimum Gasteiger partial charge on any atom is -0.391 e. The highest BCUT2D eigenvalue weighted by molar-refractivity contribution is 4.66. The Balaban J connectivity index is 2.24. The van der Waals surface area contributed by atoms with E-state index >= 15 is 0 Å². The largest absolute Gasteiger partial charge is 0.391 e. The van der Waals surface area contributed by atoms with Gasteiger partial charge < -0.3 is 9.84 Å². The van der Waals surface area contributed by atoms with Gasteiger partial charge in [-0.15, -0.1) is 0 Å². The lowest BCUT2D eigenvalue weighted by Crippen LogP contribution is -2.35. The van der Waals surface area contributed by atoms with Gasteiger partial charge in [-0.2, -0.15) is 0 Å². The first-order valence-corrected chi connectivity index (χ1v) is 3.77. The van der Waals surface area contributed by atoms with Crippen molar-refractivity contribution in [3.63, 3.8) is 0 Å². The van der Waals surface area contributed by atoms with E-state index in [1.165, 1.54) is 0 Å². The van der Waals surface area contributed by atoms with E-state index < -0.39 is 6.10 Å². The summed E-state index contributed by atoms with van der Waals surface area (Å²) in [5, 5.41) is 9.09. The molecule has 1 rings (SSSR count). The summed E-state index contributed by atoms with van der Waals surface area (Å²) in [4.78, 5) is 9.69. The normalized spacial score (nSPS) is 35.2. The number of ether oxygens (including phenoxy) is 1. The molecule has 3 atom stereocenters. The van der Waals surface area contributed by atoms with E-state index in [1.807, 2.05) is 0 Å². The Morgan fingerprint density at radius 1 is 1.45 bits per heavy atom.